The van der Waals surface area contributed by atoms with Gasteiger partial charge in [-0.15, -0.1) is 0 Å². The van der Waals surface area contributed by atoms with Crippen LogP contribution in [-0.4, -0.2) is 9.97 Å². The first-order valence-corrected chi connectivity index (χ1v) is 17.9. The molecule has 10 rings (SSSR count). The van der Waals surface area contributed by atoms with Crippen molar-refractivity contribution in [3.63, 3.8) is 0 Å². The maximum absolute atomic E-state index is 6.88. The van der Waals surface area contributed by atoms with E-state index < -0.39 is 0 Å². The van der Waals surface area contributed by atoms with E-state index in [0.29, 0.717) is 5.82 Å². The fourth-order valence-electron chi connectivity index (χ4n) is 7.45. The zero-order valence-electron chi connectivity index (χ0n) is 28.8. The van der Waals surface area contributed by atoms with E-state index in [1.165, 1.54) is 11.1 Å². The molecule has 0 radical (unpaired) electrons. The lowest BCUT2D eigenvalue weighted by molar-refractivity contribution is 0.670. The van der Waals surface area contributed by atoms with Crippen molar-refractivity contribution in [3.05, 3.63) is 194 Å². The molecule has 0 amide bonds. The Balaban J connectivity index is 1.21. The van der Waals surface area contributed by atoms with Crippen LogP contribution in [0.4, 0.5) is 0 Å². The molecule has 0 N–H and O–H groups in total. The Kier molecular flexibility index (Phi) is 7.47. The molecule has 2 aromatic heterocycles. The Bertz CT molecular complexity index is 2800. The smallest absolute Gasteiger partial charge is 0.160 e. The van der Waals surface area contributed by atoms with Gasteiger partial charge in [-0.2, -0.15) is 0 Å². The molecule has 2 heterocycles. The minimum absolute atomic E-state index is 0.694. The maximum atomic E-state index is 6.88. The third-order valence-electron chi connectivity index (χ3n) is 10.0. The molecule has 10 aromatic rings. The Labute approximate surface area is 307 Å². The summed E-state index contributed by atoms with van der Waals surface area (Å²) in [6, 6.07) is 68.0. The summed E-state index contributed by atoms with van der Waals surface area (Å²) in [5.74, 6) is 0.694. The average molecular weight is 677 g/mol. The van der Waals surface area contributed by atoms with E-state index in [9.17, 15) is 0 Å². The van der Waals surface area contributed by atoms with E-state index in [1.807, 2.05) is 36.4 Å². The van der Waals surface area contributed by atoms with Crippen LogP contribution in [0.25, 0.3) is 100.0 Å². The third-order valence-corrected chi connectivity index (χ3v) is 10.0. The number of aromatic nitrogens is 2. The molecule has 53 heavy (non-hydrogen) atoms. The molecule has 0 atom stereocenters. The van der Waals surface area contributed by atoms with Crippen LogP contribution in [-0.2, 0) is 0 Å². The van der Waals surface area contributed by atoms with Gasteiger partial charge in [0, 0.05) is 33.0 Å². The lowest BCUT2D eigenvalue weighted by Gasteiger charge is -2.13. The molecule has 0 fully saturated rings. The minimum atomic E-state index is 0.694. The van der Waals surface area contributed by atoms with Gasteiger partial charge in [0.2, 0.25) is 0 Å². The second-order valence-corrected chi connectivity index (χ2v) is 13.4. The lowest BCUT2D eigenvalue weighted by atomic mass is 9.91. The largest absolute Gasteiger partial charge is 0.455 e. The van der Waals surface area contributed by atoms with Crippen LogP contribution in [0.5, 0.6) is 0 Å². The minimum Gasteiger partial charge on any atom is -0.455 e. The van der Waals surface area contributed by atoms with E-state index >= 15 is 0 Å². The van der Waals surface area contributed by atoms with E-state index in [1.54, 1.807) is 0 Å². The molecule has 0 unspecified atom stereocenters. The van der Waals surface area contributed by atoms with Crippen LogP contribution in [0, 0.1) is 0 Å². The first-order chi connectivity index (χ1) is 26.2. The van der Waals surface area contributed by atoms with Gasteiger partial charge in [-0.25, -0.2) is 9.97 Å². The summed E-state index contributed by atoms with van der Waals surface area (Å²) < 4.78 is 6.88. The first-order valence-electron chi connectivity index (χ1n) is 17.9. The van der Waals surface area contributed by atoms with E-state index in [2.05, 4.69) is 158 Å². The van der Waals surface area contributed by atoms with Gasteiger partial charge in [0.15, 0.2) is 5.82 Å². The summed E-state index contributed by atoms with van der Waals surface area (Å²) in [5.41, 5.74) is 13.3. The van der Waals surface area contributed by atoms with Gasteiger partial charge in [0.25, 0.3) is 0 Å². The van der Waals surface area contributed by atoms with Crippen LogP contribution in [0.15, 0.2) is 199 Å². The molecule has 0 aliphatic heterocycles. The van der Waals surface area contributed by atoms with Crippen molar-refractivity contribution in [2.24, 2.45) is 0 Å². The predicted molar refractivity (Wildman–Crippen MR) is 219 cm³/mol. The van der Waals surface area contributed by atoms with E-state index in [4.69, 9.17) is 14.4 Å². The third kappa shape index (κ3) is 5.65. The van der Waals surface area contributed by atoms with Crippen molar-refractivity contribution < 1.29 is 4.42 Å². The Morgan fingerprint density at radius 2 is 0.868 bits per heavy atom. The van der Waals surface area contributed by atoms with Gasteiger partial charge in [0.05, 0.1) is 11.4 Å². The van der Waals surface area contributed by atoms with Crippen LogP contribution in [0.1, 0.15) is 0 Å². The van der Waals surface area contributed by atoms with Crippen molar-refractivity contribution in [1.29, 1.82) is 0 Å². The highest BCUT2D eigenvalue weighted by Crippen LogP contribution is 2.44. The molecule has 0 aliphatic rings. The maximum Gasteiger partial charge on any atom is 0.160 e. The highest BCUT2D eigenvalue weighted by molar-refractivity contribution is 6.23. The number of fused-ring (bicyclic) bond motifs is 5. The quantitative estimate of drug-likeness (QED) is 0.176. The fraction of sp³-hybridized carbons (Fsp3) is 0. The van der Waals surface area contributed by atoms with Gasteiger partial charge in [0.1, 0.15) is 11.2 Å². The molecular weight excluding hydrogens is 645 g/mol. The lowest BCUT2D eigenvalue weighted by Crippen LogP contribution is -1.95. The van der Waals surface area contributed by atoms with Crippen molar-refractivity contribution in [2.45, 2.75) is 0 Å². The number of nitrogens with zero attached hydrogens (tertiary/aromatic N) is 2. The molecule has 8 aromatic carbocycles. The molecular formula is C50H32N2O. The molecule has 3 nitrogen and oxygen atoms in total. The predicted octanol–water partition coefficient (Wildman–Crippen LogP) is 13.5. The first kappa shape index (κ1) is 30.7. The van der Waals surface area contributed by atoms with E-state index in [0.717, 1.165) is 83.0 Å². The molecule has 0 spiro atoms. The summed E-state index contributed by atoms with van der Waals surface area (Å²) >= 11 is 0. The normalized spacial score (nSPS) is 11.4. The zero-order chi connectivity index (χ0) is 35.1. The summed E-state index contributed by atoms with van der Waals surface area (Å²) in [6.07, 6.45) is 0. The number of hydrogen-bond donors (Lipinski definition) is 0. The topological polar surface area (TPSA) is 38.9 Å². The molecule has 0 bridgehead atoms. The van der Waals surface area contributed by atoms with Crippen molar-refractivity contribution in [3.8, 4) is 67.3 Å². The molecule has 0 saturated carbocycles. The summed E-state index contributed by atoms with van der Waals surface area (Å²) in [4.78, 5) is 10.1. The highest BCUT2D eigenvalue weighted by Gasteiger charge is 2.19. The standard InChI is InChI=1S/C50H32N2O/c1-5-15-33(16-6-1)39-27-40(34-17-7-2-8-18-34)29-41(28-39)43-30-37-23-13-14-24-42(37)48-44-31-38(25-26-47(44)53-49(43)48)46-32-45(35-19-9-3-10-20-35)51-50(52-46)36-21-11-4-12-22-36/h1-32H. The van der Waals surface area contributed by atoms with Gasteiger partial charge in [-0.3, -0.25) is 0 Å². The monoisotopic (exact) mass is 676 g/mol. The van der Waals surface area contributed by atoms with Crippen molar-refractivity contribution in [1.82, 2.24) is 9.97 Å². The van der Waals surface area contributed by atoms with Gasteiger partial charge >= 0.3 is 0 Å². The number of benzene rings is 8. The Morgan fingerprint density at radius 3 is 1.51 bits per heavy atom. The summed E-state index contributed by atoms with van der Waals surface area (Å²) in [7, 11) is 0. The molecule has 0 saturated heterocycles. The number of rotatable bonds is 6. The van der Waals surface area contributed by atoms with Crippen molar-refractivity contribution in [2.75, 3.05) is 0 Å². The number of furan rings is 1. The average Bonchev–Trinajstić information content (AvgIpc) is 3.64. The SMILES string of the molecule is c1ccc(-c2cc(-c3ccccc3)cc(-c3cc4ccccc4c4c3oc3ccc(-c5cc(-c6ccccc6)nc(-c6ccccc6)n5)cc34)c2)cc1. The highest BCUT2D eigenvalue weighted by atomic mass is 16.3. The van der Waals surface area contributed by atoms with Crippen molar-refractivity contribution >= 4 is 32.7 Å². The van der Waals surface area contributed by atoms with Gasteiger partial charge in [-0.1, -0.05) is 146 Å². The molecule has 0 aliphatic carbocycles. The second-order valence-electron chi connectivity index (χ2n) is 13.4. The van der Waals surface area contributed by atoms with Gasteiger partial charge in [-0.05, 0) is 87.1 Å². The summed E-state index contributed by atoms with van der Waals surface area (Å²) in [6.45, 7) is 0. The zero-order valence-corrected chi connectivity index (χ0v) is 28.8. The summed E-state index contributed by atoms with van der Waals surface area (Å²) in [5, 5.41) is 4.47. The van der Waals surface area contributed by atoms with Crippen LogP contribution in [0.3, 0.4) is 0 Å². The number of hydrogen-bond acceptors (Lipinski definition) is 3. The van der Waals surface area contributed by atoms with E-state index in [-0.39, 0.29) is 0 Å². The molecule has 248 valence electrons. The van der Waals surface area contributed by atoms with Gasteiger partial charge < -0.3 is 4.42 Å². The molecule has 3 heteroatoms. The Hall–Kier alpha value is -7.10. The second kappa shape index (κ2) is 12.9. The fourth-order valence-corrected chi connectivity index (χ4v) is 7.45. The van der Waals surface area contributed by atoms with Crippen LogP contribution >= 0.6 is 0 Å². The Morgan fingerprint density at radius 1 is 0.340 bits per heavy atom. The van der Waals surface area contributed by atoms with Crippen LogP contribution < -0.4 is 0 Å². The van der Waals surface area contributed by atoms with Crippen LogP contribution in [0.2, 0.25) is 0 Å².